The summed E-state index contributed by atoms with van der Waals surface area (Å²) in [6, 6.07) is 9.94. The fraction of sp³-hybridized carbons (Fsp3) is 0.250. The van der Waals surface area contributed by atoms with Gasteiger partial charge in [0.25, 0.3) is 5.91 Å². The number of benzene rings is 2. The van der Waals surface area contributed by atoms with Crippen LogP contribution in [-0.2, 0) is 14.4 Å². The van der Waals surface area contributed by atoms with Crippen molar-refractivity contribution in [2.45, 2.75) is 6.10 Å². The highest BCUT2D eigenvalue weighted by molar-refractivity contribution is 5.95. The topological polar surface area (TPSA) is 99.8 Å². The lowest BCUT2D eigenvalue weighted by Crippen LogP contribution is -2.51. The number of anilines is 2. The molecule has 0 aromatic heterocycles. The molecular weight excluding hydrogens is 398 g/mol. The first-order valence-corrected chi connectivity index (χ1v) is 9.11. The van der Waals surface area contributed by atoms with Crippen LogP contribution in [0.2, 0.25) is 0 Å². The van der Waals surface area contributed by atoms with Crippen LogP contribution < -0.4 is 25.6 Å². The summed E-state index contributed by atoms with van der Waals surface area (Å²) in [6.45, 7) is -0.305. The Bertz CT molecular complexity index is 970. The number of amides is 3. The summed E-state index contributed by atoms with van der Waals surface area (Å²) in [4.78, 5) is 38.0. The van der Waals surface area contributed by atoms with E-state index in [0.717, 1.165) is 12.1 Å². The molecule has 0 fully saturated rings. The first-order chi connectivity index (χ1) is 14.4. The van der Waals surface area contributed by atoms with Crippen LogP contribution in [0.5, 0.6) is 5.75 Å². The summed E-state index contributed by atoms with van der Waals surface area (Å²) in [5.41, 5.74) is 0.725. The Hall–Kier alpha value is -3.69. The molecule has 2 aromatic carbocycles. The molecule has 0 radical (unpaired) electrons. The van der Waals surface area contributed by atoms with Gasteiger partial charge in [-0.1, -0.05) is 12.1 Å². The molecule has 10 heteroatoms. The van der Waals surface area contributed by atoms with Crippen molar-refractivity contribution in [1.82, 2.24) is 10.6 Å². The number of carbonyl (C=O) groups is 3. The number of likely N-dealkylation sites (N-methyl/N-ethyl adjacent to an activating group) is 1. The fourth-order valence-corrected chi connectivity index (χ4v) is 2.94. The van der Waals surface area contributed by atoms with Gasteiger partial charge in [-0.25, -0.2) is 8.78 Å². The molecule has 0 aliphatic carbocycles. The zero-order valence-electron chi connectivity index (χ0n) is 16.1. The lowest BCUT2D eigenvalue weighted by Gasteiger charge is -2.34. The third-order valence-electron chi connectivity index (χ3n) is 4.38. The van der Waals surface area contributed by atoms with Crippen LogP contribution in [0.15, 0.2) is 42.5 Å². The Morgan fingerprint density at radius 2 is 1.87 bits per heavy atom. The third-order valence-corrected chi connectivity index (χ3v) is 4.38. The standard InChI is InChI=1S/C20H20F2N4O4/c1-23-20(29)17-10-26(15-4-2-3-5-16(15)30-17)11-19(28)24-9-18(27)25-12-6-7-13(21)14(22)8-12/h2-8,17H,9-11H2,1H3,(H,23,29)(H,24,28)(H,25,27)/t17-/m0/s1. The quantitative estimate of drug-likeness (QED) is 0.651. The van der Waals surface area contributed by atoms with Gasteiger partial charge in [0.05, 0.1) is 25.3 Å². The Labute approximate surface area is 171 Å². The maximum Gasteiger partial charge on any atom is 0.262 e. The van der Waals surface area contributed by atoms with E-state index in [1.54, 1.807) is 29.2 Å². The Balaban J connectivity index is 1.57. The summed E-state index contributed by atoms with van der Waals surface area (Å²) in [7, 11) is 1.49. The average Bonchev–Trinajstić information content (AvgIpc) is 2.74. The van der Waals surface area contributed by atoms with Gasteiger partial charge in [-0.15, -0.1) is 0 Å². The number of carbonyl (C=O) groups excluding carboxylic acids is 3. The largest absolute Gasteiger partial charge is 0.477 e. The molecule has 0 unspecified atom stereocenters. The van der Waals surface area contributed by atoms with Gasteiger partial charge in [-0.3, -0.25) is 14.4 Å². The van der Waals surface area contributed by atoms with Gasteiger partial charge in [0.2, 0.25) is 11.8 Å². The summed E-state index contributed by atoms with van der Waals surface area (Å²) < 4.78 is 31.8. The van der Waals surface area contributed by atoms with Crippen LogP contribution in [0, 0.1) is 11.6 Å². The van der Waals surface area contributed by atoms with E-state index in [0.29, 0.717) is 11.4 Å². The maximum absolute atomic E-state index is 13.2. The van der Waals surface area contributed by atoms with Gasteiger partial charge in [-0.05, 0) is 24.3 Å². The molecule has 2 aromatic rings. The van der Waals surface area contributed by atoms with Crippen LogP contribution in [0.25, 0.3) is 0 Å². The van der Waals surface area contributed by atoms with Gasteiger partial charge in [0, 0.05) is 18.8 Å². The van der Waals surface area contributed by atoms with Crippen molar-refractivity contribution in [3.05, 3.63) is 54.1 Å². The zero-order chi connectivity index (χ0) is 21.7. The molecule has 30 heavy (non-hydrogen) atoms. The van der Waals surface area contributed by atoms with Crippen molar-refractivity contribution in [1.29, 1.82) is 0 Å². The third kappa shape index (κ3) is 5.02. The van der Waals surface area contributed by atoms with Crippen LogP contribution in [0.4, 0.5) is 20.2 Å². The van der Waals surface area contributed by atoms with E-state index in [-0.39, 0.29) is 31.2 Å². The van der Waals surface area contributed by atoms with Crippen molar-refractivity contribution < 1.29 is 27.9 Å². The highest BCUT2D eigenvalue weighted by Crippen LogP contribution is 2.32. The molecule has 0 saturated heterocycles. The lowest BCUT2D eigenvalue weighted by atomic mass is 10.1. The monoisotopic (exact) mass is 418 g/mol. The molecule has 3 amide bonds. The molecule has 1 aliphatic heterocycles. The van der Waals surface area contributed by atoms with E-state index < -0.39 is 29.6 Å². The van der Waals surface area contributed by atoms with Crippen LogP contribution in [0.3, 0.4) is 0 Å². The number of hydrogen-bond acceptors (Lipinski definition) is 5. The molecule has 8 nitrogen and oxygen atoms in total. The van der Waals surface area contributed by atoms with Gasteiger partial charge < -0.3 is 25.6 Å². The van der Waals surface area contributed by atoms with Crippen molar-refractivity contribution in [2.75, 3.05) is 36.9 Å². The molecule has 1 heterocycles. The fourth-order valence-electron chi connectivity index (χ4n) is 2.94. The second-order valence-corrected chi connectivity index (χ2v) is 6.52. The van der Waals surface area contributed by atoms with Gasteiger partial charge in [0.15, 0.2) is 17.7 Å². The minimum atomic E-state index is -1.09. The number of halogens is 2. The van der Waals surface area contributed by atoms with E-state index in [9.17, 15) is 23.2 Å². The molecule has 0 saturated carbocycles. The number of para-hydroxylation sites is 2. The number of fused-ring (bicyclic) bond motifs is 1. The van der Waals surface area contributed by atoms with Crippen LogP contribution in [0.1, 0.15) is 0 Å². The van der Waals surface area contributed by atoms with Crippen LogP contribution in [-0.4, -0.2) is 50.5 Å². The van der Waals surface area contributed by atoms with E-state index >= 15 is 0 Å². The molecule has 1 atom stereocenters. The van der Waals surface area contributed by atoms with Gasteiger partial charge in [0.1, 0.15) is 5.75 Å². The summed E-state index contributed by atoms with van der Waals surface area (Å²) in [5.74, 6) is -3.01. The van der Waals surface area contributed by atoms with E-state index in [2.05, 4.69) is 16.0 Å². The number of rotatable bonds is 6. The van der Waals surface area contributed by atoms with Crippen molar-refractivity contribution >= 4 is 29.1 Å². The zero-order valence-corrected chi connectivity index (χ0v) is 16.1. The molecule has 3 N–H and O–H groups in total. The first-order valence-electron chi connectivity index (χ1n) is 9.11. The minimum Gasteiger partial charge on any atom is -0.477 e. The van der Waals surface area contributed by atoms with Crippen molar-refractivity contribution in [3.63, 3.8) is 0 Å². The molecule has 0 spiro atoms. The SMILES string of the molecule is CNC(=O)[C@@H]1CN(CC(=O)NCC(=O)Nc2ccc(F)c(F)c2)c2ccccc2O1. The second kappa shape index (κ2) is 9.21. The van der Waals surface area contributed by atoms with E-state index in [1.165, 1.54) is 13.1 Å². The van der Waals surface area contributed by atoms with Crippen molar-refractivity contribution in [3.8, 4) is 5.75 Å². The lowest BCUT2D eigenvalue weighted by molar-refractivity contribution is -0.127. The summed E-state index contributed by atoms with van der Waals surface area (Å²) >= 11 is 0. The van der Waals surface area contributed by atoms with Gasteiger partial charge >= 0.3 is 0 Å². The predicted octanol–water partition coefficient (Wildman–Crippen LogP) is 1.03. The molecule has 158 valence electrons. The van der Waals surface area contributed by atoms with E-state index in [4.69, 9.17) is 4.74 Å². The first kappa shape index (κ1) is 21.0. The molecule has 0 bridgehead atoms. The number of nitrogens with zero attached hydrogens (tertiary/aromatic N) is 1. The second-order valence-electron chi connectivity index (χ2n) is 6.52. The number of nitrogens with one attached hydrogen (secondary N) is 3. The summed E-state index contributed by atoms with van der Waals surface area (Å²) in [6.07, 6.45) is -0.783. The molecular formula is C20H20F2N4O4. The Kier molecular flexibility index (Phi) is 6.45. The average molecular weight is 418 g/mol. The smallest absolute Gasteiger partial charge is 0.262 e. The summed E-state index contributed by atoms with van der Waals surface area (Å²) in [5, 5.41) is 7.35. The normalized spacial score (nSPS) is 14.9. The maximum atomic E-state index is 13.2. The van der Waals surface area contributed by atoms with Crippen molar-refractivity contribution in [2.24, 2.45) is 0 Å². The highest BCUT2D eigenvalue weighted by atomic mass is 19.2. The van der Waals surface area contributed by atoms with Crippen LogP contribution >= 0.6 is 0 Å². The highest BCUT2D eigenvalue weighted by Gasteiger charge is 2.31. The van der Waals surface area contributed by atoms with Gasteiger partial charge in [-0.2, -0.15) is 0 Å². The molecule has 3 rings (SSSR count). The minimum absolute atomic E-state index is 0.0728. The number of ether oxygens (including phenoxy) is 1. The predicted molar refractivity (Wildman–Crippen MR) is 105 cm³/mol. The Morgan fingerprint density at radius 3 is 2.60 bits per heavy atom. The molecule has 1 aliphatic rings. The number of hydrogen-bond donors (Lipinski definition) is 3. The van der Waals surface area contributed by atoms with E-state index in [1.807, 2.05) is 0 Å². The Morgan fingerprint density at radius 1 is 1.10 bits per heavy atom.